The van der Waals surface area contributed by atoms with Gasteiger partial charge in [-0.1, -0.05) is 121 Å². The van der Waals surface area contributed by atoms with Gasteiger partial charge in [-0.2, -0.15) is 0 Å². The van der Waals surface area contributed by atoms with E-state index in [4.69, 9.17) is 13.8 Å². The molecule has 0 amide bonds. The molecular weight excluding hydrogens is 663 g/mol. The predicted octanol–water partition coefficient (Wildman–Crippen LogP) is 14.0. The van der Waals surface area contributed by atoms with Gasteiger partial charge in [-0.25, -0.2) is 4.98 Å². The van der Waals surface area contributed by atoms with Crippen LogP contribution in [0, 0.1) is 0 Å². The lowest BCUT2D eigenvalue weighted by Gasteiger charge is -2.30. The van der Waals surface area contributed by atoms with Crippen LogP contribution in [0.5, 0.6) is 0 Å². The molecule has 8 aromatic carbocycles. The van der Waals surface area contributed by atoms with Gasteiger partial charge in [0.15, 0.2) is 5.58 Å². The standard InChI is InChI=1S/C49H33N3O2/c1-5-17-34(18-6-1)40-25-13-15-27-43(40)52(37-23-11-4-12-24-37)39-32-44(48-47(33-39)54-49(50-48)35-19-7-2-8-20-35)51(36-21-9-3-10-22-36)38-29-30-46-42(31-38)41-26-14-16-28-45(41)53-46/h1-33H. The van der Waals surface area contributed by atoms with E-state index >= 15 is 0 Å². The number of nitrogens with zero attached hydrogens (tertiary/aromatic N) is 3. The molecule has 10 rings (SSSR count). The molecule has 0 bridgehead atoms. The molecule has 0 saturated heterocycles. The van der Waals surface area contributed by atoms with E-state index in [1.54, 1.807) is 0 Å². The molecule has 256 valence electrons. The summed E-state index contributed by atoms with van der Waals surface area (Å²) in [6.07, 6.45) is 0. The van der Waals surface area contributed by atoms with Crippen molar-refractivity contribution in [3.05, 3.63) is 200 Å². The summed E-state index contributed by atoms with van der Waals surface area (Å²) in [5.74, 6) is 0.559. The molecule has 0 aliphatic heterocycles. The zero-order valence-corrected chi connectivity index (χ0v) is 29.2. The van der Waals surface area contributed by atoms with Crippen LogP contribution < -0.4 is 9.80 Å². The van der Waals surface area contributed by atoms with E-state index in [0.717, 1.165) is 78.3 Å². The smallest absolute Gasteiger partial charge is 0.227 e. The number of hydrogen-bond donors (Lipinski definition) is 0. The number of fused-ring (bicyclic) bond motifs is 4. The number of para-hydroxylation sites is 4. The van der Waals surface area contributed by atoms with Gasteiger partial charge < -0.3 is 18.6 Å². The molecule has 54 heavy (non-hydrogen) atoms. The summed E-state index contributed by atoms with van der Waals surface area (Å²) < 4.78 is 13.0. The number of rotatable bonds is 8. The SMILES string of the molecule is c1ccc(-c2nc3c(N(c4ccccc4)c4ccc5oc6ccccc6c5c4)cc(N(c4ccccc4)c4ccccc4-c4ccccc4)cc3o2)cc1. The summed E-state index contributed by atoms with van der Waals surface area (Å²) in [6.45, 7) is 0. The molecule has 0 atom stereocenters. The summed E-state index contributed by atoms with van der Waals surface area (Å²) >= 11 is 0. The van der Waals surface area contributed by atoms with Crippen molar-refractivity contribution in [1.82, 2.24) is 4.98 Å². The molecule has 0 saturated carbocycles. The van der Waals surface area contributed by atoms with Gasteiger partial charge in [0.05, 0.1) is 17.1 Å². The molecule has 2 heterocycles. The van der Waals surface area contributed by atoms with Crippen LogP contribution >= 0.6 is 0 Å². The lowest BCUT2D eigenvalue weighted by Crippen LogP contribution is -2.14. The fourth-order valence-corrected chi connectivity index (χ4v) is 7.39. The van der Waals surface area contributed by atoms with Gasteiger partial charge in [0.25, 0.3) is 0 Å². The fraction of sp³-hybridized carbons (Fsp3) is 0. The maximum atomic E-state index is 6.73. The maximum absolute atomic E-state index is 6.73. The Hall–Kier alpha value is -7.37. The number of benzene rings is 8. The Kier molecular flexibility index (Phi) is 7.73. The summed E-state index contributed by atoms with van der Waals surface area (Å²) in [7, 11) is 0. The minimum atomic E-state index is 0.559. The van der Waals surface area contributed by atoms with Gasteiger partial charge >= 0.3 is 0 Å². The highest BCUT2D eigenvalue weighted by atomic mass is 16.3. The minimum absolute atomic E-state index is 0.559. The van der Waals surface area contributed by atoms with Crippen molar-refractivity contribution in [3.63, 3.8) is 0 Å². The van der Waals surface area contributed by atoms with Gasteiger partial charge in [-0.15, -0.1) is 0 Å². The van der Waals surface area contributed by atoms with Crippen LogP contribution in [0.2, 0.25) is 0 Å². The monoisotopic (exact) mass is 695 g/mol. The molecule has 0 radical (unpaired) electrons. The van der Waals surface area contributed by atoms with Crippen molar-refractivity contribution in [2.75, 3.05) is 9.80 Å². The summed E-state index contributed by atoms with van der Waals surface area (Å²) in [5.41, 5.74) is 12.1. The van der Waals surface area contributed by atoms with Gasteiger partial charge in [0.2, 0.25) is 5.89 Å². The normalized spacial score (nSPS) is 11.3. The highest BCUT2D eigenvalue weighted by Gasteiger charge is 2.25. The largest absolute Gasteiger partial charge is 0.456 e. The lowest BCUT2D eigenvalue weighted by atomic mass is 10.0. The highest BCUT2D eigenvalue weighted by molar-refractivity contribution is 6.07. The molecule has 0 fully saturated rings. The van der Waals surface area contributed by atoms with E-state index in [-0.39, 0.29) is 0 Å². The van der Waals surface area contributed by atoms with E-state index in [9.17, 15) is 0 Å². The van der Waals surface area contributed by atoms with Crippen molar-refractivity contribution < 1.29 is 8.83 Å². The van der Waals surface area contributed by atoms with Crippen LogP contribution in [0.3, 0.4) is 0 Å². The van der Waals surface area contributed by atoms with Gasteiger partial charge in [0, 0.05) is 45.0 Å². The second-order valence-corrected chi connectivity index (χ2v) is 13.2. The first-order valence-electron chi connectivity index (χ1n) is 18.0. The lowest BCUT2D eigenvalue weighted by molar-refractivity contribution is 0.620. The maximum Gasteiger partial charge on any atom is 0.227 e. The minimum Gasteiger partial charge on any atom is -0.456 e. The third-order valence-corrected chi connectivity index (χ3v) is 9.86. The molecule has 10 aromatic rings. The van der Waals surface area contributed by atoms with Gasteiger partial charge in [-0.3, -0.25) is 0 Å². The Morgan fingerprint density at radius 1 is 0.352 bits per heavy atom. The Balaban J connectivity index is 1.27. The summed E-state index contributed by atoms with van der Waals surface area (Å²) in [5, 5.41) is 2.12. The molecule has 0 spiro atoms. The first-order valence-corrected chi connectivity index (χ1v) is 18.0. The van der Waals surface area contributed by atoms with Crippen LogP contribution in [-0.4, -0.2) is 4.98 Å². The van der Waals surface area contributed by atoms with Crippen molar-refractivity contribution >= 4 is 67.2 Å². The number of furan rings is 1. The molecule has 0 aliphatic rings. The predicted molar refractivity (Wildman–Crippen MR) is 222 cm³/mol. The first kappa shape index (κ1) is 31.4. The molecular formula is C49H33N3O2. The highest BCUT2D eigenvalue weighted by Crippen LogP contribution is 2.47. The van der Waals surface area contributed by atoms with Crippen LogP contribution in [0.15, 0.2) is 209 Å². The second-order valence-electron chi connectivity index (χ2n) is 13.2. The zero-order chi connectivity index (χ0) is 35.8. The molecule has 5 heteroatoms. The molecule has 2 aromatic heterocycles. The summed E-state index contributed by atoms with van der Waals surface area (Å²) in [6, 6.07) is 69.1. The third-order valence-electron chi connectivity index (χ3n) is 9.86. The van der Waals surface area contributed by atoms with Crippen molar-refractivity contribution in [3.8, 4) is 22.6 Å². The second kappa shape index (κ2) is 13.3. The van der Waals surface area contributed by atoms with Crippen molar-refractivity contribution in [2.24, 2.45) is 0 Å². The van der Waals surface area contributed by atoms with Crippen molar-refractivity contribution in [1.29, 1.82) is 0 Å². The van der Waals surface area contributed by atoms with Crippen LogP contribution in [0.25, 0.3) is 55.6 Å². The molecule has 0 N–H and O–H groups in total. The summed E-state index contributed by atoms with van der Waals surface area (Å²) in [4.78, 5) is 9.81. The Labute approximate surface area is 312 Å². The van der Waals surface area contributed by atoms with Crippen LogP contribution in [-0.2, 0) is 0 Å². The Bertz CT molecular complexity index is 2880. The van der Waals surface area contributed by atoms with Crippen molar-refractivity contribution in [2.45, 2.75) is 0 Å². The van der Waals surface area contributed by atoms with E-state index in [1.807, 2.05) is 48.5 Å². The Morgan fingerprint density at radius 3 is 1.65 bits per heavy atom. The fourth-order valence-electron chi connectivity index (χ4n) is 7.39. The zero-order valence-electron chi connectivity index (χ0n) is 29.2. The van der Waals surface area contributed by atoms with E-state index in [1.165, 1.54) is 0 Å². The van der Waals surface area contributed by atoms with Gasteiger partial charge in [-0.05, 0) is 78.4 Å². The molecule has 5 nitrogen and oxygen atoms in total. The number of aromatic nitrogens is 1. The van der Waals surface area contributed by atoms with E-state index in [0.29, 0.717) is 11.5 Å². The number of hydrogen-bond acceptors (Lipinski definition) is 5. The van der Waals surface area contributed by atoms with Crippen LogP contribution in [0.4, 0.5) is 34.1 Å². The Morgan fingerprint density at radius 2 is 0.926 bits per heavy atom. The number of oxazole rings is 1. The average Bonchev–Trinajstić information content (AvgIpc) is 3.85. The third kappa shape index (κ3) is 5.56. The van der Waals surface area contributed by atoms with Crippen LogP contribution in [0.1, 0.15) is 0 Å². The van der Waals surface area contributed by atoms with E-state index in [2.05, 4.69) is 161 Å². The number of anilines is 6. The first-order chi connectivity index (χ1) is 26.8. The average molecular weight is 696 g/mol. The quantitative estimate of drug-likeness (QED) is 0.158. The molecule has 0 unspecified atom stereocenters. The molecule has 0 aliphatic carbocycles. The van der Waals surface area contributed by atoms with E-state index < -0.39 is 0 Å². The van der Waals surface area contributed by atoms with Gasteiger partial charge in [0.1, 0.15) is 16.7 Å². The topological polar surface area (TPSA) is 45.7 Å².